The van der Waals surface area contributed by atoms with Crippen LogP contribution >= 0.6 is 0 Å². The van der Waals surface area contributed by atoms with Crippen LogP contribution in [-0.2, 0) is 0 Å². The smallest absolute Gasteiger partial charge is 0.138 e. The molecule has 2 saturated carbocycles. The van der Waals surface area contributed by atoms with E-state index in [1.54, 1.807) is 36.5 Å². The van der Waals surface area contributed by atoms with Crippen molar-refractivity contribution in [3.63, 3.8) is 0 Å². The fourth-order valence-electron chi connectivity index (χ4n) is 5.46. The maximum atomic E-state index is 11.5. The van der Waals surface area contributed by atoms with Gasteiger partial charge < -0.3 is 30.6 Å². The van der Waals surface area contributed by atoms with E-state index in [4.69, 9.17) is 0 Å². The summed E-state index contributed by atoms with van der Waals surface area (Å²) in [5, 5.41) is 65.1. The zero-order valence-electron chi connectivity index (χ0n) is 15.5. The Kier molecular flexibility index (Phi) is 4.25. The molecular formula is C22H26O6. The number of aliphatic hydroxyl groups excluding tert-OH is 3. The Hall–Kier alpha value is -1.80. The molecule has 150 valence electrons. The molecule has 0 amide bonds. The molecule has 6 heteroatoms. The lowest BCUT2D eigenvalue weighted by molar-refractivity contribution is -0.479. The van der Waals surface area contributed by atoms with Crippen LogP contribution in [0.15, 0.2) is 71.9 Å². The summed E-state index contributed by atoms with van der Waals surface area (Å²) in [6.45, 7) is 6.89. The third-order valence-corrected chi connectivity index (χ3v) is 6.91. The molecule has 0 aromatic carbocycles. The van der Waals surface area contributed by atoms with Crippen LogP contribution in [0.1, 0.15) is 12.8 Å². The summed E-state index contributed by atoms with van der Waals surface area (Å²) in [6.07, 6.45) is 8.26. The van der Waals surface area contributed by atoms with E-state index in [0.717, 1.165) is 11.1 Å². The Morgan fingerprint density at radius 1 is 0.964 bits per heavy atom. The number of rotatable bonds is 4. The van der Waals surface area contributed by atoms with Gasteiger partial charge in [-0.3, -0.25) is 0 Å². The second kappa shape index (κ2) is 6.10. The highest BCUT2D eigenvalue weighted by Crippen LogP contribution is 2.73. The second-order valence-electron chi connectivity index (χ2n) is 8.27. The number of hydrogen-bond donors (Lipinski definition) is 6. The normalized spacial score (nSPS) is 45.6. The van der Waals surface area contributed by atoms with Gasteiger partial charge in [-0.15, -0.1) is 0 Å². The average Bonchev–Trinajstić information content (AvgIpc) is 2.69. The summed E-state index contributed by atoms with van der Waals surface area (Å²) in [7, 11) is 0. The average molecular weight is 386 g/mol. The van der Waals surface area contributed by atoms with Crippen molar-refractivity contribution in [1.82, 2.24) is 0 Å². The SMILES string of the molecule is C=C1C=CC(C2C(O)[C@@]3(O)C(C4=CCC(=C)C=C4)[C@@](O)([C@H](O)CO)[C@@]23O)=CC1. The fraction of sp³-hybridized carbons (Fsp3) is 0.455. The molecule has 0 aromatic rings. The second-order valence-corrected chi connectivity index (χ2v) is 8.27. The van der Waals surface area contributed by atoms with Crippen molar-refractivity contribution >= 4 is 0 Å². The molecule has 28 heavy (non-hydrogen) atoms. The van der Waals surface area contributed by atoms with E-state index in [2.05, 4.69) is 13.2 Å². The van der Waals surface area contributed by atoms with Gasteiger partial charge in [0.1, 0.15) is 22.9 Å². The van der Waals surface area contributed by atoms with Gasteiger partial charge in [0, 0.05) is 5.92 Å². The molecule has 0 aromatic heterocycles. The molecule has 0 spiro atoms. The molecular weight excluding hydrogens is 360 g/mol. The van der Waals surface area contributed by atoms with Gasteiger partial charge in [0.05, 0.1) is 18.6 Å². The van der Waals surface area contributed by atoms with Crippen molar-refractivity contribution in [3.8, 4) is 0 Å². The topological polar surface area (TPSA) is 121 Å². The minimum atomic E-state index is -2.24. The van der Waals surface area contributed by atoms with Gasteiger partial charge in [0.15, 0.2) is 0 Å². The fourth-order valence-corrected chi connectivity index (χ4v) is 5.46. The molecule has 2 fully saturated rings. The zero-order chi connectivity index (χ0) is 20.5. The Morgan fingerprint density at radius 2 is 1.50 bits per heavy atom. The largest absolute Gasteiger partial charge is 0.394 e. The summed E-state index contributed by atoms with van der Waals surface area (Å²) < 4.78 is 0. The monoisotopic (exact) mass is 386 g/mol. The standard InChI is InChI=1S/C22H26O6/c1-12-3-7-14(8-4-12)17-19(25)21(27)18(15-9-5-13(2)6-10-15)20(26,16(24)11-23)22(17,21)28/h3,5,7-10,16-19,23-28H,1-2,4,6,11H2/t16-,17?,18?,19?,20+,21+,22+/m1/s1. The van der Waals surface area contributed by atoms with Crippen molar-refractivity contribution in [2.24, 2.45) is 11.8 Å². The molecule has 4 aliphatic rings. The van der Waals surface area contributed by atoms with Crippen LogP contribution in [0.3, 0.4) is 0 Å². The highest BCUT2D eigenvalue weighted by Gasteiger charge is 2.93. The first-order valence-electron chi connectivity index (χ1n) is 9.40. The van der Waals surface area contributed by atoms with Crippen LogP contribution < -0.4 is 0 Å². The number of hydrogen-bond acceptors (Lipinski definition) is 6. The van der Waals surface area contributed by atoms with E-state index in [-0.39, 0.29) is 0 Å². The molecule has 4 aliphatic carbocycles. The minimum Gasteiger partial charge on any atom is -0.394 e. The molecule has 0 aliphatic heterocycles. The minimum absolute atomic E-state index is 0.480. The first-order chi connectivity index (χ1) is 13.1. The predicted octanol–water partition coefficient (Wildman–Crippen LogP) is 0.0384. The maximum Gasteiger partial charge on any atom is 0.138 e. The Balaban J connectivity index is 1.79. The van der Waals surface area contributed by atoms with E-state index in [9.17, 15) is 30.6 Å². The van der Waals surface area contributed by atoms with E-state index >= 15 is 0 Å². The maximum absolute atomic E-state index is 11.5. The molecule has 6 N–H and O–H groups in total. The van der Waals surface area contributed by atoms with Gasteiger partial charge in [-0.2, -0.15) is 0 Å². The lowest BCUT2D eigenvalue weighted by Crippen LogP contribution is -3.01. The Morgan fingerprint density at radius 3 is 1.96 bits per heavy atom. The van der Waals surface area contributed by atoms with Crippen molar-refractivity contribution < 1.29 is 30.6 Å². The summed E-state index contributed by atoms with van der Waals surface area (Å²) in [5.41, 5.74) is -3.79. The van der Waals surface area contributed by atoms with Gasteiger partial charge in [-0.25, -0.2) is 0 Å². The summed E-state index contributed by atoms with van der Waals surface area (Å²) in [6, 6.07) is 0. The zero-order valence-corrected chi connectivity index (χ0v) is 15.5. The van der Waals surface area contributed by atoms with Gasteiger partial charge in [0.2, 0.25) is 0 Å². The highest BCUT2D eigenvalue weighted by atomic mass is 16.5. The predicted molar refractivity (Wildman–Crippen MR) is 103 cm³/mol. The molecule has 0 saturated heterocycles. The van der Waals surface area contributed by atoms with Crippen molar-refractivity contribution in [1.29, 1.82) is 0 Å². The summed E-state index contributed by atoms with van der Waals surface area (Å²) >= 11 is 0. The first kappa shape index (κ1) is 19.5. The van der Waals surface area contributed by atoms with Crippen LogP contribution in [-0.4, -0.2) is 66.3 Å². The summed E-state index contributed by atoms with van der Waals surface area (Å²) in [5.74, 6) is -2.17. The molecule has 4 rings (SSSR count). The quantitative estimate of drug-likeness (QED) is 0.406. The summed E-state index contributed by atoms with van der Waals surface area (Å²) in [4.78, 5) is 0. The number of aliphatic hydroxyl groups is 6. The highest BCUT2D eigenvalue weighted by molar-refractivity contribution is 5.56. The molecule has 7 atom stereocenters. The lowest BCUT2D eigenvalue weighted by Gasteiger charge is -2.80. The lowest BCUT2D eigenvalue weighted by atomic mass is 9.29. The van der Waals surface area contributed by atoms with Crippen LogP contribution in [0.2, 0.25) is 0 Å². The molecule has 6 nitrogen and oxygen atoms in total. The van der Waals surface area contributed by atoms with E-state index in [1.165, 1.54) is 0 Å². The Bertz CT molecular complexity index is 864. The third-order valence-electron chi connectivity index (χ3n) is 6.91. The van der Waals surface area contributed by atoms with Gasteiger partial charge in [0.25, 0.3) is 0 Å². The van der Waals surface area contributed by atoms with Crippen molar-refractivity contribution in [3.05, 3.63) is 71.9 Å². The van der Waals surface area contributed by atoms with Gasteiger partial charge >= 0.3 is 0 Å². The van der Waals surface area contributed by atoms with Crippen molar-refractivity contribution in [2.75, 3.05) is 6.61 Å². The van der Waals surface area contributed by atoms with Crippen LogP contribution in [0.25, 0.3) is 0 Å². The van der Waals surface area contributed by atoms with Crippen LogP contribution in [0.5, 0.6) is 0 Å². The van der Waals surface area contributed by atoms with Crippen molar-refractivity contribution in [2.45, 2.75) is 41.9 Å². The van der Waals surface area contributed by atoms with Crippen LogP contribution in [0, 0.1) is 11.8 Å². The van der Waals surface area contributed by atoms with E-state index in [1.807, 2.05) is 0 Å². The third kappa shape index (κ3) is 2.03. The first-order valence-corrected chi connectivity index (χ1v) is 9.40. The number of allylic oxidation sites excluding steroid dienone is 8. The molecule has 0 bridgehead atoms. The molecule has 3 unspecified atom stereocenters. The van der Waals surface area contributed by atoms with Gasteiger partial charge in [-0.05, 0) is 24.0 Å². The number of fused-ring (bicyclic) bond motifs is 1. The molecule has 0 radical (unpaired) electrons. The van der Waals surface area contributed by atoms with E-state index < -0.39 is 47.5 Å². The van der Waals surface area contributed by atoms with Gasteiger partial charge in [-0.1, -0.05) is 60.8 Å². The Labute approximate surface area is 163 Å². The van der Waals surface area contributed by atoms with E-state index in [0.29, 0.717) is 24.0 Å². The molecule has 0 heterocycles. The van der Waals surface area contributed by atoms with Crippen LogP contribution in [0.4, 0.5) is 0 Å².